The Labute approximate surface area is 206 Å². The summed E-state index contributed by atoms with van der Waals surface area (Å²) < 4.78 is 11.0. The molecule has 0 saturated heterocycles. The standard InChI is InChI=1S/C29H33NO3S/c1-4-11-33-28(31)22-5-8-24(9-6-22)30-27(34-3)23-7-10-26(32-2)25(15-23)29-16-19-12-20(17-29)14-21(13-19)18-29/h4-10,15,19-21H,1,11-14,16-18H2,2-3H3. The number of methoxy groups -OCH3 is 1. The van der Waals surface area contributed by atoms with Crippen molar-refractivity contribution < 1.29 is 14.3 Å². The summed E-state index contributed by atoms with van der Waals surface area (Å²) >= 11 is 1.65. The molecule has 0 unspecified atom stereocenters. The number of rotatable bonds is 7. The number of nitrogens with zero attached hydrogens (tertiary/aromatic N) is 1. The van der Waals surface area contributed by atoms with E-state index in [2.05, 4.69) is 31.0 Å². The van der Waals surface area contributed by atoms with Gasteiger partial charge in [-0.25, -0.2) is 9.79 Å². The first-order chi connectivity index (χ1) is 16.5. The van der Waals surface area contributed by atoms with Crippen molar-refractivity contribution >= 4 is 28.5 Å². The largest absolute Gasteiger partial charge is 0.496 e. The van der Waals surface area contributed by atoms with Gasteiger partial charge in [-0.05, 0) is 110 Å². The first kappa shape index (κ1) is 23.2. The van der Waals surface area contributed by atoms with Crippen LogP contribution in [0.25, 0.3) is 0 Å². The van der Waals surface area contributed by atoms with Crippen LogP contribution in [-0.2, 0) is 10.2 Å². The molecule has 4 aliphatic carbocycles. The number of thioether (sulfide) groups is 1. The van der Waals surface area contributed by atoms with Gasteiger partial charge in [0.15, 0.2) is 0 Å². The van der Waals surface area contributed by atoms with E-state index in [0.717, 1.165) is 39.8 Å². The Morgan fingerprint density at radius 3 is 2.24 bits per heavy atom. The van der Waals surface area contributed by atoms with Crippen molar-refractivity contribution in [3.05, 3.63) is 71.8 Å². The molecule has 0 amide bonds. The molecule has 4 saturated carbocycles. The lowest BCUT2D eigenvalue weighted by molar-refractivity contribution is -0.00616. The Kier molecular flexibility index (Phi) is 6.57. The van der Waals surface area contributed by atoms with Gasteiger partial charge in [-0.3, -0.25) is 0 Å². The highest BCUT2D eigenvalue weighted by atomic mass is 32.2. The Morgan fingerprint density at radius 2 is 1.68 bits per heavy atom. The predicted octanol–water partition coefficient (Wildman–Crippen LogP) is 6.95. The van der Waals surface area contributed by atoms with Crippen LogP contribution in [0.4, 0.5) is 5.69 Å². The van der Waals surface area contributed by atoms with Crippen LogP contribution in [0.2, 0.25) is 0 Å². The normalized spacial score (nSPS) is 27.5. The van der Waals surface area contributed by atoms with Crippen LogP contribution in [0.5, 0.6) is 5.75 Å². The summed E-state index contributed by atoms with van der Waals surface area (Å²) in [4.78, 5) is 17.0. The van der Waals surface area contributed by atoms with Gasteiger partial charge in [0.05, 0.1) is 18.4 Å². The second-order valence-corrected chi connectivity index (χ2v) is 11.0. The molecular weight excluding hydrogens is 442 g/mol. The topological polar surface area (TPSA) is 47.9 Å². The highest BCUT2D eigenvalue weighted by Gasteiger charge is 2.52. The Balaban J connectivity index is 1.44. The maximum atomic E-state index is 12.1. The summed E-state index contributed by atoms with van der Waals surface area (Å²) in [6.07, 6.45) is 11.8. The summed E-state index contributed by atoms with van der Waals surface area (Å²) in [6, 6.07) is 13.9. The minimum atomic E-state index is -0.351. The molecule has 0 aliphatic heterocycles. The van der Waals surface area contributed by atoms with E-state index in [1.807, 2.05) is 12.1 Å². The molecule has 4 aliphatic rings. The van der Waals surface area contributed by atoms with Crippen molar-refractivity contribution in [1.82, 2.24) is 0 Å². The Hall–Kier alpha value is -2.53. The van der Waals surface area contributed by atoms with Crippen LogP contribution >= 0.6 is 11.8 Å². The third kappa shape index (κ3) is 4.43. The van der Waals surface area contributed by atoms with Crippen molar-refractivity contribution in [2.75, 3.05) is 20.0 Å². The predicted molar refractivity (Wildman–Crippen MR) is 139 cm³/mol. The Bertz CT molecular complexity index is 1070. The fourth-order valence-electron chi connectivity index (χ4n) is 6.93. The fraction of sp³-hybridized carbons (Fsp3) is 0.448. The minimum Gasteiger partial charge on any atom is -0.496 e. The van der Waals surface area contributed by atoms with Gasteiger partial charge >= 0.3 is 5.97 Å². The number of carbonyl (C=O) groups is 1. The summed E-state index contributed by atoms with van der Waals surface area (Å²) in [5.74, 6) is 3.31. The quantitative estimate of drug-likeness (QED) is 0.188. The van der Waals surface area contributed by atoms with Gasteiger partial charge < -0.3 is 9.47 Å². The van der Waals surface area contributed by atoms with Crippen LogP contribution in [0.3, 0.4) is 0 Å². The number of hydrogen-bond donors (Lipinski definition) is 0. The van der Waals surface area contributed by atoms with Crippen molar-refractivity contribution in [2.24, 2.45) is 22.7 Å². The fourth-order valence-corrected chi connectivity index (χ4v) is 7.49. The zero-order valence-electron chi connectivity index (χ0n) is 20.1. The molecule has 4 fully saturated rings. The summed E-state index contributed by atoms with van der Waals surface area (Å²) in [7, 11) is 1.80. The summed E-state index contributed by atoms with van der Waals surface area (Å²) in [6.45, 7) is 3.78. The molecule has 4 bridgehead atoms. The van der Waals surface area contributed by atoms with Crippen molar-refractivity contribution in [1.29, 1.82) is 0 Å². The summed E-state index contributed by atoms with van der Waals surface area (Å²) in [5.41, 5.74) is 4.10. The van der Waals surface area contributed by atoms with E-state index in [0.29, 0.717) is 5.56 Å². The molecule has 34 heavy (non-hydrogen) atoms. The van der Waals surface area contributed by atoms with Gasteiger partial charge in [0.2, 0.25) is 0 Å². The highest BCUT2D eigenvalue weighted by Crippen LogP contribution is 2.62. The molecule has 2 aromatic carbocycles. The molecule has 0 heterocycles. The molecule has 0 spiro atoms. The lowest BCUT2D eigenvalue weighted by Crippen LogP contribution is -2.48. The van der Waals surface area contributed by atoms with Crippen molar-refractivity contribution in [2.45, 2.75) is 43.9 Å². The number of benzene rings is 2. The lowest BCUT2D eigenvalue weighted by Gasteiger charge is -2.57. The van der Waals surface area contributed by atoms with Gasteiger partial charge in [0.25, 0.3) is 0 Å². The van der Waals surface area contributed by atoms with E-state index in [4.69, 9.17) is 14.5 Å². The zero-order chi connectivity index (χ0) is 23.7. The van der Waals surface area contributed by atoms with Crippen molar-refractivity contribution in [3.63, 3.8) is 0 Å². The average molecular weight is 476 g/mol. The number of hydrogen-bond acceptors (Lipinski definition) is 5. The molecule has 0 N–H and O–H groups in total. The number of esters is 1. The number of carbonyl (C=O) groups excluding carboxylic acids is 1. The van der Waals surface area contributed by atoms with Crippen LogP contribution in [0.15, 0.2) is 60.1 Å². The smallest absolute Gasteiger partial charge is 0.338 e. The van der Waals surface area contributed by atoms with Gasteiger partial charge in [-0.15, -0.1) is 11.8 Å². The van der Waals surface area contributed by atoms with Gasteiger partial charge in [-0.1, -0.05) is 12.7 Å². The van der Waals surface area contributed by atoms with E-state index < -0.39 is 0 Å². The van der Waals surface area contributed by atoms with Gasteiger partial charge in [-0.2, -0.15) is 0 Å². The second kappa shape index (κ2) is 9.61. The highest BCUT2D eigenvalue weighted by molar-refractivity contribution is 8.13. The molecule has 178 valence electrons. The van der Waals surface area contributed by atoms with Gasteiger partial charge in [0, 0.05) is 11.1 Å². The van der Waals surface area contributed by atoms with Crippen LogP contribution in [0.1, 0.15) is 60.0 Å². The SMILES string of the molecule is C=CCOC(=O)c1ccc(N=C(SC)c2ccc(OC)c(C34CC5CC(CC(C5)C3)C4)c2)cc1. The van der Waals surface area contributed by atoms with E-state index in [9.17, 15) is 4.79 Å². The molecule has 0 radical (unpaired) electrons. The maximum Gasteiger partial charge on any atom is 0.338 e. The first-order valence-electron chi connectivity index (χ1n) is 12.2. The van der Waals surface area contributed by atoms with Crippen LogP contribution < -0.4 is 4.74 Å². The van der Waals surface area contributed by atoms with E-state index in [1.165, 1.54) is 44.1 Å². The lowest BCUT2D eigenvalue weighted by atomic mass is 9.48. The number of aliphatic imine (C=N–C) groups is 1. The second-order valence-electron chi connectivity index (χ2n) is 10.2. The average Bonchev–Trinajstić information content (AvgIpc) is 2.85. The molecule has 5 heteroatoms. The van der Waals surface area contributed by atoms with Crippen LogP contribution in [0, 0.1) is 17.8 Å². The third-order valence-electron chi connectivity index (χ3n) is 7.92. The molecule has 6 rings (SSSR count). The van der Waals surface area contributed by atoms with Crippen molar-refractivity contribution in [3.8, 4) is 5.75 Å². The van der Waals surface area contributed by atoms with E-state index in [1.54, 1.807) is 37.1 Å². The number of ether oxygens (including phenoxy) is 2. The zero-order valence-corrected chi connectivity index (χ0v) is 20.9. The minimum absolute atomic E-state index is 0.207. The monoisotopic (exact) mass is 475 g/mol. The molecule has 0 atom stereocenters. The molecule has 4 nitrogen and oxygen atoms in total. The maximum absolute atomic E-state index is 12.1. The third-order valence-corrected chi connectivity index (χ3v) is 8.63. The molecule has 2 aromatic rings. The Morgan fingerprint density at radius 1 is 1.06 bits per heavy atom. The van der Waals surface area contributed by atoms with E-state index >= 15 is 0 Å². The molecule has 0 aromatic heterocycles. The first-order valence-corrected chi connectivity index (χ1v) is 13.5. The summed E-state index contributed by atoms with van der Waals surface area (Å²) in [5, 5.41) is 0.968. The molecular formula is C29H33NO3S. The van der Waals surface area contributed by atoms with E-state index in [-0.39, 0.29) is 18.0 Å². The van der Waals surface area contributed by atoms with Crippen LogP contribution in [-0.4, -0.2) is 31.0 Å². The van der Waals surface area contributed by atoms with Gasteiger partial charge in [0.1, 0.15) is 17.4 Å².